The van der Waals surface area contributed by atoms with E-state index in [1.54, 1.807) is 18.2 Å². The predicted molar refractivity (Wildman–Crippen MR) is 112 cm³/mol. The number of ether oxygens (including phenoxy) is 1. The lowest BCUT2D eigenvalue weighted by Gasteiger charge is -2.09. The van der Waals surface area contributed by atoms with Crippen LogP contribution in [0.2, 0.25) is 25.1 Å². The summed E-state index contributed by atoms with van der Waals surface area (Å²) in [4.78, 5) is 24.5. The van der Waals surface area contributed by atoms with Gasteiger partial charge in [-0.05, 0) is 24.3 Å². The molecule has 4 nitrogen and oxygen atoms in total. The van der Waals surface area contributed by atoms with Crippen molar-refractivity contribution in [2.75, 3.05) is 11.9 Å². The molecule has 0 atom stereocenters. The number of thiophene rings is 1. The fourth-order valence-electron chi connectivity index (χ4n) is 2.17. The van der Waals surface area contributed by atoms with Crippen LogP contribution in [0.15, 0.2) is 30.3 Å². The van der Waals surface area contributed by atoms with E-state index in [-0.39, 0.29) is 30.7 Å². The largest absolute Gasteiger partial charge is 0.451 e. The summed E-state index contributed by atoms with van der Waals surface area (Å²) in [6.07, 6.45) is 0. The maximum absolute atomic E-state index is 12.3. The fourth-order valence-corrected chi connectivity index (χ4v) is 4.44. The van der Waals surface area contributed by atoms with Gasteiger partial charge in [0.2, 0.25) is 0 Å². The summed E-state index contributed by atoms with van der Waals surface area (Å²) in [5, 5.41) is 4.64. The molecule has 0 spiro atoms. The van der Waals surface area contributed by atoms with Gasteiger partial charge in [-0.1, -0.05) is 64.1 Å². The van der Waals surface area contributed by atoms with Crippen LogP contribution in [0.4, 0.5) is 5.69 Å². The predicted octanol–water partition coefficient (Wildman–Crippen LogP) is 6.96. The van der Waals surface area contributed by atoms with Crippen molar-refractivity contribution in [3.8, 4) is 0 Å². The summed E-state index contributed by atoms with van der Waals surface area (Å²) in [5.74, 6) is -1.31. The summed E-state index contributed by atoms with van der Waals surface area (Å²) in [6, 6.07) is 7.88. The first-order chi connectivity index (χ1) is 12.8. The highest BCUT2D eigenvalue weighted by atomic mass is 35.5. The Bertz CT molecular complexity index is 1070. The third kappa shape index (κ3) is 4.62. The molecule has 0 aliphatic heterocycles. The molecule has 0 radical (unpaired) electrons. The molecular formula is C17H8Cl5NO3S. The zero-order chi connectivity index (χ0) is 19.7. The van der Waals surface area contributed by atoms with E-state index in [1.807, 2.05) is 0 Å². The molecule has 3 aromatic rings. The van der Waals surface area contributed by atoms with Crippen molar-refractivity contribution < 1.29 is 14.3 Å². The molecule has 0 saturated carbocycles. The molecule has 140 valence electrons. The third-order valence-electron chi connectivity index (χ3n) is 3.40. The van der Waals surface area contributed by atoms with Crippen molar-refractivity contribution in [1.82, 2.24) is 0 Å². The number of carbonyl (C=O) groups excluding carboxylic acids is 2. The van der Waals surface area contributed by atoms with Crippen molar-refractivity contribution in [3.63, 3.8) is 0 Å². The van der Waals surface area contributed by atoms with Crippen LogP contribution >= 0.6 is 69.3 Å². The van der Waals surface area contributed by atoms with Gasteiger partial charge in [0.1, 0.15) is 4.88 Å². The zero-order valence-electron chi connectivity index (χ0n) is 13.1. The first kappa shape index (κ1) is 20.5. The first-order valence-corrected chi connectivity index (χ1v) is 9.96. The Morgan fingerprint density at radius 3 is 2.41 bits per heavy atom. The fraction of sp³-hybridized carbons (Fsp3) is 0.0588. The molecule has 1 N–H and O–H groups in total. The summed E-state index contributed by atoms with van der Waals surface area (Å²) in [5.41, 5.74) is 0.252. The summed E-state index contributed by atoms with van der Waals surface area (Å²) in [6.45, 7) is -0.527. The number of hydrogen-bond acceptors (Lipinski definition) is 4. The van der Waals surface area contributed by atoms with Gasteiger partial charge in [0.25, 0.3) is 5.91 Å². The van der Waals surface area contributed by atoms with Gasteiger partial charge in [0.15, 0.2) is 6.61 Å². The molecule has 0 aliphatic carbocycles. The number of nitrogens with one attached hydrogen (secondary N) is 1. The molecule has 0 fully saturated rings. The summed E-state index contributed by atoms with van der Waals surface area (Å²) in [7, 11) is 0. The van der Waals surface area contributed by atoms with Gasteiger partial charge in [0.05, 0.1) is 25.8 Å². The molecule has 3 rings (SSSR count). The number of rotatable bonds is 4. The molecule has 0 saturated heterocycles. The molecule has 0 unspecified atom stereocenters. The lowest BCUT2D eigenvalue weighted by Crippen LogP contribution is -2.20. The van der Waals surface area contributed by atoms with Crippen molar-refractivity contribution in [2.24, 2.45) is 0 Å². The van der Waals surface area contributed by atoms with Gasteiger partial charge in [-0.3, -0.25) is 4.79 Å². The van der Waals surface area contributed by atoms with E-state index in [0.717, 1.165) is 16.0 Å². The number of benzene rings is 2. The van der Waals surface area contributed by atoms with Crippen LogP contribution in [-0.4, -0.2) is 18.5 Å². The number of anilines is 1. The number of carbonyl (C=O) groups is 2. The second-order valence-corrected chi connectivity index (χ2v) is 8.34. The molecule has 1 heterocycles. The molecule has 27 heavy (non-hydrogen) atoms. The van der Waals surface area contributed by atoms with Crippen molar-refractivity contribution in [3.05, 3.63) is 60.3 Å². The average Bonchev–Trinajstić information content (AvgIpc) is 2.93. The highest BCUT2D eigenvalue weighted by molar-refractivity contribution is 7.21. The molecule has 0 bridgehead atoms. The van der Waals surface area contributed by atoms with Crippen LogP contribution in [0.5, 0.6) is 0 Å². The van der Waals surface area contributed by atoms with Gasteiger partial charge >= 0.3 is 5.97 Å². The Balaban J connectivity index is 1.68. The normalized spacial score (nSPS) is 10.9. The minimum Gasteiger partial charge on any atom is -0.451 e. The molecule has 0 aliphatic rings. The highest BCUT2D eigenvalue weighted by Crippen LogP contribution is 2.37. The van der Waals surface area contributed by atoms with E-state index in [0.29, 0.717) is 10.4 Å². The molecule has 10 heteroatoms. The monoisotopic (exact) mass is 481 g/mol. The SMILES string of the molecule is O=C(COC(=O)c1sc2cc(Cl)ccc2c1Cl)Nc1cc(Cl)c(Cl)cc1Cl. The van der Waals surface area contributed by atoms with E-state index >= 15 is 0 Å². The Kier molecular flexibility index (Phi) is 6.41. The highest BCUT2D eigenvalue weighted by Gasteiger charge is 2.20. The van der Waals surface area contributed by atoms with E-state index in [1.165, 1.54) is 12.1 Å². The quantitative estimate of drug-likeness (QED) is 0.322. The van der Waals surface area contributed by atoms with Crippen LogP contribution in [0.1, 0.15) is 9.67 Å². The lowest BCUT2D eigenvalue weighted by molar-refractivity contribution is -0.119. The minimum atomic E-state index is -0.715. The zero-order valence-corrected chi connectivity index (χ0v) is 17.7. The molecule has 2 aromatic carbocycles. The number of halogens is 5. The Morgan fingerprint density at radius 1 is 0.963 bits per heavy atom. The van der Waals surface area contributed by atoms with Crippen LogP contribution in [-0.2, 0) is 9.53 Å². The number of esters is 1. The van der Waals surface area contributed by atoms with Crippen LogP contribution in [0.3, 0.4) is 0 Å². The maximum atomic E-state index is 12.3. The second-order valence-electron chi connectivity index (χ2n) is 5.26. The second kappa shape index (κ2) is 8.43. The van der Waals surface area contributed by atoms with Crippen LogP contribution in [0.25, 0.3) is 10.1 Å². The van der Waals surface area contributed by atoms with Crippen molar-refractivity contribution in [1.29, 1.82) is 0 Å². The van der Waals surface area contributed by atoms with E-state index in [9.17, 15) is 9.59 Å². The molecule has 1 amide bonds. The van der Waals surface area contributed by atoms with E-state index < -0.39 is 18.5 Å². The summed E-state index contributed by atoms with van der Waals surface area (Å²) < 4.78 is 5.78. The number of hydrogen-bond donors (Lipinski definition) is 1. The average molecular weight is 484 g/mol. The van der Waals surface area contributed by atoms with Gasteiger partial charge in [-0.15, -0.1) is 11.3 Å². The van der Waals surface area contributed by atoms with Crippen LogP contribution in [0, 0.1) is 0 Å². The number of fused-ring (bicyclic) bond motifs is 1. The van der Waals surface area contributed by atoms with Crippen molar-refractivity contribution >= 4 is 97.0 Å². The lowest BCUT2D eigenvalue weighted by atomic mass is 10.2. The Morgan fingerprint density at radius 2 is 1.67 bits per heavy atom. The van der Waals surface area contributed by atoms with E-state index in [4.69, 9.17) is 62.7 Å². The molecule has 1 aromatic heterocycles. The van der Waals surface area contributed by atoms with Gasteiger partial charge < -0.3 is 10.1 Å². The van der Waals surface area contributed by atoms with Gasteiger partial charge in [-0.2, -0.15) is 0 Å². The van der Waals surface area contributed by atoms with Gasteiger partial charge in [0, 0.05) is 15.1 Å². The Labute approximate surface area is 182 Å². The minimum absolute atomic E-state index is 0.189. The van der Waals surface area contributed by atoms with E-state index in [2.05, 4.69) is 5.32 Å². The van der Waals surface area contributed by atoms with Gasteiger partial charge in [-0.25, -0.2) is 4.79 Å². The number of amides is 1. The standard InChI is InChI=1S/C17H8Cl5NO3S/c18-7-1-2-8-13(3-7)27-16(15(8)22)17(25)26-6-14(24)23-12-5-10(20)9(19)4-11(12)21/h1-5H,6H2,(H,23,24). The topological polar surface area (TPSA) is 55.4 Å². The maximum Gasteiger partial charge on any atom is 0.350 e. The van der Waals surface area contributed by atoms with Crippen molar-refractivity contribution in [2.45, 2.75) is 0 Å². The third-order valence-corrected chi connectivity index (χ3v) is 6.30. The molecular weight excluding hydrogens is 476 g/mol. The Hall–Kier alpha value is -1.21. The first-order valence-electron chi connectivity index (χ1n) is 7.25. The smallest absolute Gasteiger partial charge is 0.350 e. The summed E-state index contributed by atoms with van der Waals surface area (Å²) >= 11 is 31.0. The van der Waals surface area contributed by atoms with Crippen LogP contribution < -0.4 is 5.32 Å².